The fourth-order valence-electron chi connectivity index (χ4n) is 0.542. The van der Waals surface area contributed by atoms with E-state index in [4.69, 9.17) is 4.18 Å². The van der Waals surface area contributed by atoms with E-state index in [1.165, 1.54) is 0 Å². The molecule has 42 valence electrons. The second-order valence-electron chi connectivity index (χ2n) is 1.70. The number of hydrogen-bond acceptors (Lipinski definition) is 2. The highest BCUT2D eigenvalue weighted by molar-refractivity contribution is 7.80. The average molecular weight is 120 g/mol. The largest absolute Gasteiger partial charge is 0.287 e. The molecule has 0 radical (unpaired) electrons. The molecule has 1 aliphatic rings. The second kappa shape index (κ2) is 1.92. The third-order valence-electron chi connectivity index (χ3n) is 0.963. The van der Waals surface area contributed by atoms with Gasteiger partial charge in [0.2, 0.25) is 0 Å². The smallest absolute Gasteiger partial charge is 0.155 e. The molecule has 1 saturated heterocycles. The Hall–Kier alpha value is 0.110. The Kier molecular flexibility index (Phi) is 1.44. The zero-order valence-corrected chi connectivity index (χ0v) is 5.03. The van der Waals surface area contributed by atoms with Gasteiger partial charge in [-0.3, -0.25) is 4.18 Å². The molecule has 3 heteroatoms. The predicted molar refractivity (Wildman–Crippen MR) is 28.2 cm³/mol. The fraction of sp³-hybridized carbons (Fsp3) is 1.00. The van der Waals surface area contributed by atoms with E-state index < -0.39 is 11.1 Å². The summed E-state index contributed by atoms with van der Waals surface area (Å²) in [7, 11) is 0. The van der Waals surface area contributed by atoms with Crippen LogP contribution in [0.5, 0.6) is 0 Å². The molecular formula is C4H8O2S. The van der Waals surface area contributed by atoms with Crippen molar-refractivity contribution in [2.75, 3.05) is 5.75 Å². The SMILES string of the molecule is CC1CCS(=O)O1. The van der Waals surface area contributed by atoms with Gasteiger partial charge >= 0.3 is 0 Å². The highest BCUT2D eigenvalue weighted by atomic mass is 32.2. The molecule has 2 unspecified atom stereocenters. The van der Waals surface area contributed by atoms with Crippen molar-refractivity contribution in [3.63, 3.8) is 0 Å². The van der Waals surface area contributed by atoms with Crippen molar-refractivity contribution < 1.29 is 8.39 Å². The van der Waals surface area contributed by atoms with Gasteiger partial charge in [0, 0.05) is 0 Å². The van der Waals surface area contributed by atoms with E-state index in [-0.39, 0.29) is 6.10 Å². The number of hydrogen-bond donors (Lipinski definition) is 0. The van der Waals surface area contributed by atoms with Gasteiger partial charge in [-0.2, -0.15) is 0 Å². The van der Waals surface area contributed by atoms with Crippen molar-refractivity contribution in [1.82, 2.24) is 0 Å². The zero-order chi connectivity index (χ0) is 5.28. The molecule has 0 aliphatic carbocycles. The second-order valence-corrected chi connectivity index (χ2v) is 2.91. The van der Waals surface area contributed by atoms with Gasteiger partial charge in [0.25, 0.3) is 0 Å². The van der Waals surface area contributed by atoms with E-state index in [1.807, 2.05) is 6.92 Å². The molecule has 0 saturated carbocycles. The van der Waals surface area contributed by atoms with Crippen molar-refractivity contribution in [2.24, 2.45) is 0 Å². The molecule has 0 bridgehead atoms. The Labute approximate surface area is 45.5 Å². The lowest BCUT2D eigenvalue weighted by molar-refractivity contribution is 0.273. The Bertz CT molecular complexity index is 91.7. The molecule has 1 aliphatic heterocycles. The highest BCUT2D eigenvalue weighted by Crippen LogP contribution is 2.09. The van der Waals surface area contributed by atoms with Crippen molar-refractivity contribution >= 4 is 11.1 Å². The molecule has 0 spiro atoms. The summed E-state index contributed by atoms with van der Waals surface area (Å²) in [6.45, 7) is 1.94. The summed E-state index contributed by atoms with van der Waals surface area (Å²) in [6, 6.07) is 0. The van der Waals surface area contributed by atoms with Gasteiger partial charge in [-0.05, 0) is 13.3 Å². The van der Waals surface area contributed by atoms with Gasteiger partial charge in [0.15, 0.2) is 11.1 Å². The molecule has 0 aromatic rings. The van der Waals surface area contributed by atoms with Crippen LogP contribution in [0, 0.1) is 0 Å². The molecule has 1 fully saturated rings. The Morgan fingerprint density at radius 3 is 2.71 bits per heavy atom. The maximum atomic E-state index is 10.3. The summed E-state index contributed by atoms with van der Waals surface area (Å²) < 4.78 is 15.2. The predicted octanol–water partition coefficient (Wildman–Crippen LogP) is 0.459. The summed E-state index contributed by atoms with van der Waals surface area (Å²) in [5.41, 5.74) is 0. The Morgan fingerprint density at radius 1 is 1.86 bits per heavy atom. The van der Waals surface area contributed by atoms with Crippen molar-refractivity contribution in [1.29, 1.82) is 0 Å². The van der Waals surface area contributed by atoms with Gasteiger partial charge in [-0.25, -0.2) is 4.21 Å². The normalized spacial score (nSPS) is 41.9. The minimum Gasteiger partial charge on any atom is -0.287 e. The fourth-order valence-corrected chi connectivity index (χ4v) is 1.62. The molecule has 0 aromatic carbocycles. The summed E-state index contributed by atoms with van der Waals surface area (Å²) in [4.78, 5) is 0. The average Bonchev–Trinajstić information content (AvgIpc) is 1.87. The summed E-state index contributed by atoms with van der Waals surface area (Å²) in [5.74, 6) is 0.723. The third-order valence-corrected chi connectivity index (χ3v) is 2.07. The molecular weight excluding hydrogens is 112 g/mol. The van der Waals surface area contributed by atoms with Crippen LogP contribution in [0.25, 0.3) is 0 Å². The van der Waals surface area contributed by atoms with Crippen LogP contribution in [-0.4, -0.2) is 16.1 Å². The lowest BCUT2D eigenvalue weighted by Gasteiger charge is -1.92. The van der Waals surface area contributed by atoms with Crippen LogP contribution >= 0.6 is 0 Å². The summed E-state index contributed by atoms with van der Waals surface area (Å²) >= 11 is -0.953. The molecule has 1 heterocycles. The number of rotatable bonds is 0. The van der Waals surface area contributed by atoms with E-state index in [0.29, 0.717) is 0 Å². The van der Waals surface area contributed by atoms with Crippen LogP contribution in [0.2, 0.25) is 0 Å². The monoisotopic (exact) mass is 120 g/mol. The van der Waals surface area contributed by atoms with Gasteiger partial charge in [0.1, 0.15) is 0 Å². The first kappa shape index (κ1) is 5.25. The maximum absolute atomic E-state index is 10.3. The lowest BCUT2D eigenvalue weighted by Crippen LogP contribution is -1.95. The van der Waals surface area contributed by atoms with Crippen LogP contribution in [-0.2, 0) is 15.3 Å². The Morgan fingerprint density at radius 2 is 2.57 bits per heavy atom. The summed E-state index contributed by atoms with van der Waals surface area (Å²) in [5, 5.41) is 0. The topological polar surface area (TPSA) is 26.3 Å². The molecule has 0 N–H and O–H groups in total. The quantitative estimate of drug-likeness (QED) is 0.464. The molecule has 7 heavy (non-hydrogen) atoms. The van der Waals surface area contributed by atoms with Crippen LogP contribution in [0.3, 0.4) is 0 Å². The first-order chi connectivity index (χ1) is 3.29. The molecule has 1 rings (SSSR count). The summed E-state index contributed by atoms with van der Waals surface area (Å²) in [6.07, 6.45) is 1.17. The van der Waals surface area contributed by atoms with E-state index in [2.05, 4.69) is 0 Å². The molecule has 0 amide bonds. The van der Waals surface area contributed by atoms with Crippen molar-refractivity contribution in [2.45, 2.75) is 19.4 Å². The molecule has 0 aromatic heterocycles. The van der Waals surface area contributed by atoms with Crippen molar-refractivity contribution in [3.8, 4) is 0 Å². The minimum absolute atomic E-state index is 0.223. The Balaban J connectivity index is 2.40. The maximum Gasteiger partial charge on any atom is 0.155 e. The van der Waals surface area contributed by atoms with Crippen LogP contribution < -0.4 is 0 Å². The van der Waals surface area contributed by atoms with Crippen LogP contribution in [0.4, 0.5) is 0 Å². The standard InChI is InChI=1S/C4H8O2S/c1-4-2-3-7(5)6-4/h4H,2-3H2,1H3. The molecule has 2 nitrogen and oxygen atoms in total. The first-order valence-electron chi connectivity index (χ1n) is 2.34. The minimum atomic E-state index is -0.953. The van der Waals surface area contributed by atoms with Gasteiger partial charge in [0.05, 0.1) is 11.9 Å². The van der Waals surface area contributed by atoms with E-state index in [1.54, 1.807) is 0 Å². The zero-order valence-electron chi connectivity index (χ0n) is 4.22. The van der Waals surface area contributed by atoms with Gasteiger partial charge < -0.3 is 0 Å². The van der Waals surface area contributed by atoms with E-state index >= 15 is 0 Å². The van der Waals surface area contributed by atoms with E-state index in [9.17, 15) is 4.21 Å². The van der Waals surface area contributed by atoms with Crippen LogP contribution in [0.1, 0.15) is 13.3 Å². The van der Waals surface area contributed by atoms with Gasteiger partial charge in [-0.15, -0.1) is 0 Å². The first-order valence-corrected chi connectivity index (χ1v) is 3.59. The van der Waals surface area contributed by atoms with Crippen LogP contribution in [0.15, 0.2) is 0 Å². The molecule has 2 atom stereocenters. The lowest BCUT2D eigenvalue weighted by atomic mass is 10.3. The van der Waals surface area contributed by atoms with Crippen molar-refractivity contribution in [3.05, 3.63) is 0 Å². The third kappa shape index (κ3) is 1.24. The highest BCUT2D eigenvalue weighted by Gasteiger charge is 2.16. The van der Waals surface area contributed by atoms with Gasteiger partial charge in [-0.1, -0.05) is 0 Å². The van der Waals surface area contributed by atoms with E-state index in [0.717, 1.165) is 12.2 Å².